The summed E-state index contributed by atoms with van der Waals surface area (Å²) in [6.45, 7) is 0.285. The van der Waals surface area contributed by atoms with Gasteiger partial charge >= 0.3 is 0 Å². The molecule has 0 radical (unpaired) electrons. The highest BCUT2D eigenvalue weighted by molar-refractivity contribution is 6.01. The summed E-state index contributed by atoms with van der Waals surface area (Å²) < 4.78 is 0. The second-order valence-corrected chi connectivity index (χ2v) is 4.60. The van der Waals surface area contributed by atoms with Crippen molar-refractivity contribution < 1.29 is 9.90 Å². The van der Waals surface area contributed by atoms with Crippen LogP contribution in [0.5, 0.6) is 5.75 Å². The monoisotopic (exact) mass is 279 g/mol. The molecule has 0 saturated heterocycles. The van der Waals surface area contributed by atoms with Crippen LogP contribution in [0.15, 0.2) is 55.0 Å². The van der Waals surface area contributed by atoms with Crippen LogP contribution in [-0.2, 0) is 6.54 Å². The topological polar surface area (TPSA) is 75.1 Å². The maximum atomic E-state index is 12.2. The Morgan fingerprint density at radius 3 is 2.62 bits per heavy atom. The predicted octanol–water partition coefficient (Wildman–Crippen LogP) is 2.27. The molecule has 0 fully saturated rings. The highest BCUT2D eigenvalue weighted by Crippen LogP contribution is 2.24. The van der Waals surface area contributed by atoms with Gasteiger partial charge in [0, 0.05) is 6.20 Å². The van der Waals surface area contributed by atoms with Crippen molar-refractivity contribution in [2.45, 2.75) is 6.54 Å². The van der Waals surface area contributed by atoms with Crippen LogP contribution >= 0.6 is 0 Å². The van der Waals surface area contributed by atoms with E-state index in [1.165, 1.54) is 6.33 Å². The van der Waals surface area contributed by atoms with Crippen LogP contribution in [-0.4, -0.2) is 21.0 Å². The molecular formula is C16H13N3O2. The van der Waals surface area contributed by atoms with Crippen LogP contribution in [0.25, 0.3) is 10.8 Å². The molecule has 3 aromatic rings. The number of rotatable bonds is 3. The number of carbonyl (C=O) groups excluding carboxylic acids is 1. The van der Waals surface area contributed by atoms with Crippen LogP contribution in [0.1, 0.15) is 16.1 Å². The number of phenolic OH excluding ortho intramolecular Hbond substituents is 1. The average Bonchev–Trinajstić information content (AvgIpc) is 2.53. The number of nitrogens with zero attached hydrogens (tertiary/aromatic N) is 2. The van der Waals surface area contributed by atoms with Gasteiger partial charge in [-0.3, -0.25) is 4.79 Å². The minimum Gasteiger partial charge on any atom is -0.507 e. The molecule has 1 heterocycles. The molecule has 0 bridgehead atoms. The summed E-state index contributed by atoms with van der Waals surface area (Å²) in [7, 11) is 0. The fourth-order valence-corrected chi connectivity index (χ4v) is 2.10. The molecule has 0 aliphatic rings. The highest BCUT2D eigenvalue weighted by atomic mass is 16.3. The number of aromatic nitrogens is 2. The van der Waals surface area contributed by atoms with Gasteiger partial charge in [0.25, 0.3) is 5.91 Å². The third-order valence-corrected chi connectivity index (χ3v) is 3.18. The van der Waals surface area contributed by atoms with E-state index in [1.54, 1.807) is 24.4 Å². The smallest absolute Gasteiger partial charge is 0.255 e. The first-order valence-electron chi connectivity index (χ1n) is 6.49. The van der Waals surface area contributed by atoms with E-state index in [0.717, 1.165) is 10.8 Å². The molecule has 5 heteroatoms. The Kier molecular flexibility index (Phi) is 3.47. The lowest BCUT2D eigenvalue weighted by atomic mass is 10.1. The zero-order chi connectivity index (χ0) is 14.7. The second kappa shape index (κ2) is 5.58. The van der Waals surface area contributed by atoms with E-state index in [-0.39, 0.29) is 23.8 Å². The van der Waals surface area contributed by atoms with E-state index in [9.17, 15) is 9.90 Å². The molecule has 5 nitrogen and oxygen atoms in total. The van der Waals surface area contributed by atoms with Crippen molar-refractivity contribution in [1.29, 1.82) is 0 Å². The first kappa shape index (κ1) is 13.1. The Bertz CT molecular complexity index is 788. The zero-order valence-corrected chi connectivity index (χ0v) is 11.2. The maximum Gasteiger partial charge on any atom is 0.255 e. The van der Waals surface area contributed by atoms with E-state index < -0.39 is 0 Å². The minimum atomic E-state index is -0.336. The normalized spacial score (nSPS) is 10.5. The van der Waals surface area contributed by atoms with Crippen LogP contribution < -0.4 is 5.32 Å². The standard InChI is InChI=1S/C16H13N3O2/c20-15-8-12-4-2-1-3-11(12)7-14(15)16(21)18-9-13-5-6-17-10-19-13/h1-8,10,20H,9H2,(H,18,21). The molecule has 0 saturated carbocycles. The van der Waals surface area contributed by atoms with Gasteiger partial charge in [-0.2, -0.15) is 0 Å². The summed E-state index contributed by atoms with van der Waals surface area (Å²) in [6.07, 6.45) is 3.04. The van der Waals surface area contributed by atoms with E-state index in [2.05, 4.69) is 15.3 Å². The number of nitrogens with one attached hydrogen (secondary N) is 1. The largest absolute Gasteiger partial charge is 0.507 e. The van der Waals surface area contributed by atoms with E-state index >= 15 is 0 Å². The van der Waals surface area contributed by atoms with Gasteiger partial charge in [0.1, 0.15) is 12.1 Å². The molecule has 1 amide bonds. The Balaban J connectivity index is 1.82. The molecule has 2 aromatic carbocycles. The number of amides is 1. The van der Waals surface area contributed by atoms with Crippen molar-refractivity contribution in [1.82, 2.24) is 15.3 Å². The zero-order valence-electron chi connectivity index (χ0n) is 11.2. The van der Waals surface area contributed by atoms with Gasteiger partial charge < -0.3 is 10.4 Å². The summed E-state index contributed by atoms with van der Waals surface area (Å²) in [5.41, 5.74) is 0.960. The predicted molar refractivity (Wildman–Crippen MR) is 78.8 cm³/mol. The van der Waals surface area contributed by atoms with Gasteiger partial charge in [-0.15, -0.1) is 0 Å². The molecule has 104 valence electrons. The van der Waals surface area contributed by atoms with Crippen molar-refractivity contribution in [3.63, 3.8) is 0 Å². The van der Waals surface area contributed by atoms with Crippen molar-refractivity contribution in [2.75, 3.05) is 0 Å². The Labute approximate surface area is 121 Å². The van der Waals surface area contributed by atoms with E-state index in [4.69, 9.17) is 0 Å². The van der Waals surface area contributed by atoms with Crippen LogP contribution in [0.3, 0.4) is 0 Å². The van der Waals surface area contributed by atoms with E-state index in [0.29, 0.717) is 5.69 Å². The summed E-state index contributed by atoms with van der Waals surface area (Å²) in [6, 6.07) is 12.6. The molecule has 0 aliphatic heterocycles. The molecule has 0 spiro atoms. The number of phenols is 1. The molecule has 0 atom stereocenters. The van der Waals surface area contributed by atoms with Crippen molar-refractivity contribution >= 4 is 16.7 Å². The fraction of sp³-hybridized carbons (Fsp3) is 0.0625. The van der Waals surface area contributed by atoms with Gasteiger partial charge in [0.2, 0.25) is 0 Å². The van der Waals surface area contributed by atoms with Crippen LogP contribution in [0.2, 0.25) is 0 Å². The molecule has 1 aromatic heterocycles. The average molecular weight is 279 g/mol. The second-order valence-electron chi connectivity index (χ2n) is 4.60. The molecule has 21 heavy (non-hydrogen) atoms. The fourth-order valence-electron chi connectivity index (χ4n) is 2.10. The lowest BCUT2D eigenvalue weighted by molar-refractivity contribution is 0.0948. The first-order chi connectivity index (χ1) is 10.2. The van der Waals surface area contributed by atoms with Gasteiger partial charge in [0.05, 0.1) is 17.8 Å². The first-order valence-corrected chi connectivity index (χ1v) is 6.49. The number of aromatic hydroxyl groups is 1. The molecule has 2 N–H and O–H groups in total. The number of hydrogen-bond acceptors (Lipinski definition) is 4. The number of hydrogen-bond donors (Lipinski definition) is 2. The van der Waals surface area contributed by atoms with Crippen molar-refractivity contribution in [2.24, 2.45) is 0 Å². The number of carbonyl (C=O) groups is 1. The van der Waals surface area contributed by atoms with Crippen molar-refractivity contribution in [3.05, 3.63) is 66.2 Å². The van der Waals surface area contributed by atoms with Gasteiger partial charge in [-0.05, 0) is 29.0 Å². The third kappa shape index (κ3) is 2.81. The lowest BCUT2D eigenvalue weighted by Crippen LogP contribution is -2.23. The summed E-state index contributed by atoms with van der Waals surface area (Å²) in [4.78, 5) is 20.0. The Morgan fingerprint density at radius 2 is 1.90 bits per heavy atom. The lowest BCUT2D eigenvalue weighted by Gasteiger charge is -2.08. The van der Waals surface area contributed by atoms with Crippen molar-refractivity contribution in [3.8, 4) is 5.75 Å². The molecule has 0 unspecified atom stereocenters. The van der Waals surface area contributed by atoms with E-state index in [1.807, 2.05) is 24.3 Å². The summed E-state index contributed by atoms with van der Waals surface area (Å²) in [5.74, 6) is -0.370. The molecular weight excluding hydrogens is 266 g/mol. The van der Waals surface area contributed by atoms with Gasteiger partial charge in [0.15, 0.2) is 0 Å². The summed E-state index contributed by atoms with van der Waals surface area (Å²) in [5, 5.41) is 14.5. The van der Waals surface area contributed by atoms with Gasteiger partial charge in [-0.25, -0.2) is 9.97 Å². The number of fused-ring (bicyclic) bond motifs is 1. The van der Waals surface area contributed by atoms with Gasteiger partial charge in [-0.1, -0.05) is 24.3 Å². The van der Waals surface area contributed by atoms with Crippen LogP contribution in [0.4, 0.5) is 0 Å². The molecule has 3 rings (SSSR count). The SMILES string of the molecule is O=C(NCc1ccncn1)c1cc2ccccc2cc1O. The highest BCUT2D eigenvalue weighted by Gasteiger charge is 2.12. The Hall–Kier alpha value is -2.95. The Morgan fingerprint density at radius 1 is 1.14 bits per heavy atom. The number of benzene rings is 2. The quantitative estimate of drug-likeness (QED) is 0.771. The third-order valence-electron chi connectivity index (χ3n) is 3.18. The van der Waals surface area contributed by atoms with Crippen LogP contribution in [0, 0.1) is 0 Å². The summed E-state index contributed by atoms with van der Waals surface area (Å²) >= 11 is 0. The minimum absolute atomic E-state index is 0.0334. The maximum absolute atomic E-state index is 12.2. The molecule has 0 aliphatic carbocycles.